The molecule has 0 atom stereocenters. The molecule has 0 bridgehead atoms. The van der Waals surface area contributed by atoms with Crippen LogP contribution in [0.5, 0.6) is 0 Å². The zero-order valence-electron chi connectivity index (χ0n) is 45.3. The van der Waals surface area contributed by atoms with E-state index >= 15 is 0 Å². The first-order chi connectivity index (χ1) is 41.0. The molecule has 0 unspecified atom stereocenters. The van der Waals surface area contributed by atoms with Crippen LogP contribution in [0.25, 0.3) is 0 Å². The number of allylic oxidation sites excluding steroid dienone is 3. The fourth-order valence-electron chi connectivity index (χ4n) is 4.47. The first-order valence-electron chi connectivity index (χ1n) is 24.9. The molecule has 8 N–H and O–H groups in total. The van der Waals surface area contributed by atoms with E-state index in [1.54, 1.807) is 42.0 Å². The van der Waals surface area contributed by atoms with Gasteiger partial charge in [-0.05, 0) is 30.5 Å². The summed E-state index contributed by atoms with van der Waals surface area (Å²) in [5.41, 5.74) is 1.41. The molecule has 4 aromatic rings. The summed E-state index contributed by atoms with van der Waals surface area (Å²) in [6.07, 6.45) is 47.9. The lowest BCUT2D eigenvalue weighted by molar-refractivity contribution is -0.118. The molecule has 0 aliphatic carbocycles. The zero-order valence-corrected chi connectivity index (χ0v) is 48.6. The molecule has 11 aliphatic heterocycles. The Kier molecular flexibility index (Phi) is 48.8. The van der Waals surface area contributed by atoms with Crippen molar-refractivity contribution in [2.45, 2.75) is 25.7 Å². The molecule has 28 nitrogen and oxygen atoms in total. The predicted molar refractivity (Wildman–Crippen MR) is 331 cm³/mol. The SMILES string of the molecule is C1=CCNC1.C1=CCOC1.C1=CCSC1.C1=CN=CC1.C1=CNCC1.C1=COCC1.C1=CSCC1.O=C1C=CN=C1.O=C1C=NC(=O)N1.O=C1COC=N1.O=C1CSC=N1.O=c1[nH]cc[nH]1.O=c1[nH]cco1.O=c1[nH]ccs1.O=c1[nH]cno1. The second-order valence-corrected chi connectivity index (χ2v) is 18.4. The highest BCUT2D eigenvalue weighted by molar-refractivity contribution is 8.13. The van der Waals surface area contributed by atoms with Crippen LogP contribution in [-0.2, 0) is 33.4 Å². The zero-order chi connectivity index (χ0) is 60.9. The van der Waals surface area contributed by atoms with Gasteiger partial charge in [-0.15, -0.1) is 23.5 Å². The maximum atomic E-state index is 10.0. The number of carbonyl (C=O) groups is 5. The summed E-state index contributed by atoms with van der Waals surface area (Å²) in [5, 5.41) is 15.0. The summed E-state index contributed by atoms with van der Waals surface area (Å²) in [5.74, 6) is 2.72. The van der Waals surface area contributed by atoms with Gasteiger partial charge in [0, 0.05) is 105 Å². The van der Waals surface area contributed by atoms with Crippen LogP contribution in [-0.4, -0.2) is 159 Å². The van der Waals surface area contributed by atoms with Crippen LogP contribution in [0.4, 0.5) is 4.79 Å². The number of rotatable bonds is 0. The number of ketones is 1. The van der Waals surface area contributed by atoms with Crippen molar-refractivity contribution in [1.29, 1.82) is 0 Å². The third-order valence-corrected chi connectivity index (χ3v) is 11.1. The van der Waals surface area contributed by atoms with Gasteiger partial charge in [0.2, 0.25) is 0 Å². The molecular formula is C52H66N14O14S4. The minimum absolute atomic E-state index is 0.00926. The highest BCUT2D eigenvalue weighted by Gasteiger charge is 2.09. The van der Waals surface area contributed by atoms with E-state index in [1.165, 1.54) is 90.5 Å². The number of H-pyrrole nitrogens is 5. The molecule has 0 spiro atoms. The number of hydrogen-bond acceptors (Lipinski definition) is 23. The van der Waals surface area contributed by atoms with Gasteiger partial charge in [0.25, 0.3) is 17.7 Å². The largest absolute Gasteiger partial charge is 0.501 e. The number of imidazole rings is 1. The van der Waals surface area contributed by atoms with E-state index in [2.05, 4.69) is 121 Å². The second kappa shape index (κ2) is 56.1. The Bertz CT molecular complexity index is 2570. The molecule has 0 saturated carbocycles. The summed E-state index contributed by atoms with van der Waals surface area (Å²) in [6, 6.07) is -0.579. The molecule has 4 aromatic heterocycles. The van der Waals surface area contributed by atoms with Gasteiger partial charge in [-0.1, -0.05) is 71.2 Å². The van der Waals surface area contributed by atoms with Crippen molar-refractivity contribution in [1.82, 2.24) is 46.0 Å². The Morgan fingerprint density at radius 1 is 0.643 bits per heavy atom. The maximum absolute atomic E-state index is 10.0. The standard InChI is InChI=1S/C4H3NO.2C4H7N.C4H5N.2C4H6O.2C4H6S.C3H2N2O2.C3H4N2O.2C3H3NO2.2C3H3NOS.C2H2N2O2/c6-4-1-2-5-3-4;7*1-2-4-5-3-1;6-2-1-4-3(7)5-2;6-3-4-1-2-5-3;5-3-1-6-2-4-3;5-3-4-1-2-6-3;5-3-1-6-2-4-3;5-3-4-1-2-6-3;5-2-3-1-4-6-2/h1-3H;1,3,5H,2,4H2;1-2,5H,3-4H2;1,3-4H,2H2;1,3H,2,4H2;1-2H,3-4H2;1,3H,2,4H2;1-2H,3-4H2;1H,(H,5,6,7);1-2H,(H2,4,5,6);2H,1H2;1-2H,(H,4,5);2H,1H2;1-2H,(H,4,5);1H,(H,3,4,5). The summed E-state index contributed by atoms with van der Waals surface area (Å²) >= 11 is 6.46. The van der Waals surface area contributed by atoms with E-state index in [4.69, 9.17) is 9.47 Å². The molecule has 15 heterocycles. The number of oxazole rings is 1. The molecule has 0 fully saturated rings. The fraction of sp³-hybridized carbons (Fsp3) is 0.288. The molecule has 452 valence electrons. The third kappa shape index (κ3) is 53.8. The van der Waals surface area contributed by atoms with E-state index in [9.17, 15) is 43.2 Å². The number of nitrogens with zero attached hydrogens (tertiary/aromatic N) is 6. The van der Waals surface area contributed by atoms with Crippen LogP contribution in [0.1, 0.15) is 25.7 Å². The van der Waals surface area contributed by atoms with Gasteiger partial charge >= 0.3 is 28.1 Å². The molecule has 11 aliphatic rings. The summed E-state index contributed by atoms with van der Waals surface area (Å²) in [7, 11) is 0. The van der Waals surface area contributed by atoms with Gasteiger partial charge in [0.15, 0.2) is 18.8 Å². The molecule has 0 radical (unpaired) electrons. The van der Waals surface area contributed by atoms with Crippen LogP contribution in [0.2, 0.25) is 0 Å². The quantitative estimate of drug-likeness (QED) is 0.109. The number of aliphatic imine (C=N–C) groups is 5. The number of hydrogen-bond donors (Lipinski definition) is 8. The van der Waals surface area contributed by atoms with E-state index in [-0.39, 0.29) is 34.8 Å². The molecule has 0 saturated heterocycles. The normalized spacial score (nSPS) is 16.2. The Balaban J connectivity index is 0.000000450. The Morgan fingerprint density at radius 2 is 1.44 bits per heavy atom. The number of aromatic nitrogens is 6. The topological polar surface area (TPSA) is 397 Å². The predicted octanol–water partition coefficient (Wildman–Crippen LogP) is 4.82. The fourth-order valence-corrected chi connectivity index (χ4v) is 6.71. The van der Waals surface area contributed by atoms with E-state index in [1.807, 2.05) is 65.6 Å². The van der Waals surface area contributed by atoms with Crippen LogP contribution in [0.3, 0.4) is 0 Å². The summed E-state index contributed by atoms with van der Waals surface area (Å²) in [6.45, 7) is 5.93. The van der Waals surface area contributed by atoms with Crippen LogP contribution in [0.15, 0.2) is 193 Å². The number of aromatic amines is 5. The van der Waals surface area contributed by atoms with Crippen molar-refractivity contribution in [2.75, 3.05) is 69.1 Å². The van der Waals surface area contributed by atoms with Gasteiger partial charge in [0.05, 0.1) is 49.8 Å². The van der Waals surface area contributed by atoms with Crippen molar-refractivity contribution in [3.63, 3.8) is 0 Å². The van der Waals surface area contributed by atoms with Crippen LogP contribution >= 0.6 is 46.6 Å². The van der Waals surface area contributed by atoms with Gasteiger partial charge < -0.3 is 44.2 Å². The Hall–Kier alpha value is -8.82. The number of ether oxygens (including phenoxy) is 3. The minimum Gasteiger partial charge on any atom is -0.501 e. The molecule has 15 rings (SSSR count). The van der Waals surface area contributed by atoms with E-state index in [0.717, 1.165) is 64.9 Å². The Morgan fingerprint density at radius 3 is 1.62 bits per heavy atom. The number of thiazole rings is 1. The molecular weight excluding hydrogens is 1170 g/mol. The number of nitrogens with one attached hydrogen (secondary N) is 8. The molecule has 84 heavy (non-hydrogen) atoms. The van der Waals surface area contributed by atoms with Crippen LogP contribution < -0.4 is 38.0 Å². The smallest absolute Gasteiger partial charge is 0.438 e. The average molecular weight is 1240 g/mol. The highest BCUT2D eigenvalue weighted by atomic mass is 32.2. The number of thioether (sulfide) groups is 3. The van der Waals surface area contributed by atoms with Gasteiger partial charge in [-0.25, -0.2) is 24.2 Å². The number of imide groups is 1. The van der Waals surface area contributed by atoms with Gasteiger partial charge in [-0.3, -0.25) is 53.8 Å². The van der Waals surface area contributed by atoms with E-state index in [0.29, 0.717) is 5.75 Å². The van der Waals surface area contributed by atoms with Crippen molar-refractivity contribution >= 4 is 107 Å². The lowest BCUT2D eigenvalue weighted by Gasteiger charge is -1.79. The first-order valence-corrected chi connectivity index (χ1v) is 29.0. The second-order valence-electron chi connectivity index (χ2n) is 14.6. The first kappa shape index (κ1) is 73.2. The maximum Gasteiger partial charge on any atom is 0.438 e. The third-order valence-electron chi connectivity index (χ3n) is 8.08. The van der Waals surface area contributed by atoms with E-state index < -0.39 is 23.5 Å². The van der Waals surface area contributed by atoms with Crippen molar-refractivity contribution < 1.29 is 47.1 Å². The highest BCUT2D eigenvalue weighted by Crippen LogP contribution is 2.11. The Labute approximate surface area is 498 Å². The molecule has 5 amide bonds. The number of amides is 5. The minimum atomic E-state index is -0.579. The van der Waals surface area contributed by atoms with Crippen LogP contribution in [0, 0.1) is 0 Å². The van der Waals surface area contributed by atoms with Crippen molar-refractivity contribution in [3.8, 4) is 0 Å². The summed E-state index contributed by atoms with van der Waals surface area (Å²) < 4.78 is 22.2. The monoisotopic (exact) mass is 1240 g/mol. The summed E-state index contributed by atoms with van der Waals surface area (Å²) in [4.78, 5) is 118. The molecule has 0 aromatic carbocycles. The van der Waals surface area contributed by atoms with Gasteiger partial charge in [-0.2, -0.15) is 21.7 Å². The lowest BCUT2D eigenvalue weighted by Crippen LogP contribution is -2.20. The number of carbonyl (C=O) groups excluding carboxylic acids is 5. The average Bonchev–Trinajstić information content (AvgIpc) is 4.32. The number of urea groups is 1. The van der Waals surface area contributed by atoms with Crippen molar-refractivity contribution in [3.05, 3.63) is 181 Å². The molecule has 32 heteroatoms. The van der Waals surface area contributed by atoms with Crippen molar-refractivity contribution in [2.24, 2.45) is 25.0 Å². The van der Waals surface area contributed by atoms with Gasteiger partial charge in [0.1, 0.15) is 12.6 Å². The lowest BCUT2D eigenvalue weighted by atomic mass is 10.5.